The molecule has 0 aliphatic carbocycles. The minimum atomic E-state index is -4.24. The Morgan fingerprint density at radius 3 is 2.22 bits per heavy atom. The van der Waals surface area contributed by atoms with E-state index in [0.29, 0.717) is 15.5 Å². The van der Waals surface area contributed by atoms with Crippen molar-refractivity contribution in [2.24, 2.45) is 0 Å². The molecule has 0 spiro atoms. The molecule has 1 N–H and O–H groups in total. The van der Waals surface area contributed by atoms with Gasteiger partial charge in [-0.2, -0.15) is 0 Å². The summed E-state index contributed by atoms with van der Waals surface area (Å²) in [7, 11) is -4.24. The lowest BCUT2D eigenvalue weighted by Gasteiger charge is -2.36. The zero-order chi connectivity index (χ0) is 25.9. The number of aryl methyl sites for hydroxylation is 1. The van der Waals surface area contributed by atoms with Crippen molar-refractivity contribution in [1.82, 2.24) is 15.1 Å². The largest absolute Gasteiger partial charge is 0.336 e. The van der Waals surface area contributed by atoms with Crippen molar-refractivity contribution >= 4 is 50.5 Å². The number of piperazine rings is 1. The summed E-state index contributed by atoms with van der Waals surface area (Å²) in [5, 5.41) is 2.77. The number of sulfone groups is 1. The Morgan fingerprint density at radius 2 is 1.61 bits per heavy atom. The topological polar surface area (TPSA) is 104 Å². The second-order valence-electron chi connectivity index (χ2n) is 8.32. The van der Waals surface area contributed by atoms with Gasteiger partial charge in [0, 0.05) is 36.8 Å². The number of rotatable bonds is 6. The highest BCUT2D eigenvalue weighted by Crippen LogP contribution is 2.20. The first-order valence-electron chi connectivity index (χ1n) is 11.2. The van der Waals surface area contributed by atoms with Gasteiger partial charge in [0.15, 0.2) is 0 Å². The average Bonchev–Trinajstić information content (AvgIpc) is 3.42. The summed E-state index contributed by atoms with van der Waals surface area (Å²) in [6, 6.07) is 15.9. The summed E-state index contributed by atoms with van der Waals surface area (Å²) >= 11 is 7.14. The van der Waals surface area contributed by atoms with Crippen LogP contribution in [0.15, 0.2) is 70.9 Å². The van der Waals surface area contributed by atoms with E-state index >= 15 is 0 Å². The van der Waals surface area contributed by atoms with Gasteiger partial charge in [0.2, 0.25) is 15.2 Å². The molecule has 188 valence electrons. The Bertz CT molecular complexity index is 1370. The Morgan fingerprint density at radius 1 is 0.944 bits per heavy atom. The van der Waals surface area contributed by atoms with Gasteiger partial charge in [0.25, 0.3) is 17.7 Å². The van der Waals surface area contributed by atoms with Crippen LogP contribution in [-0.2, 0) is 14.6 Å². The van der Waals surface area contributed by atoms with Gasteiger partial charge in [-0.15, -0.1) is 11.3 Å². The first-order chi connectivity index (χ1) is 17.2. The summed E-state index contributed by atoms with van der Waals surface area (Å²) in [5.41, 5.74) is 1.30. The zero-order valence-electron chi connectivity index (χ0n) is 19.4. The Balaban J connectivity index is 1.53. The molecule has 1 aromatic heterocycles. The number of hydrogen-bond acceptors (Lipinski definition) is 6. The fourth-order valence-electron chi connectivity index (χ4n) is 3.83. The van der Waals surface area contributed by atoms with Crippen molar-refractivity contribution in [2.75, 3.05) is 26.2 Å². The van der Waals surface area contributed by atoms with Gasteiger partial charge in [0.05, 0.1) is 9.77 Å². The molecule has 4 rings (SSSR count). The van der Waals surface area contributed by atoms with Gasteiger partial charge >= 0.3 is 0 Å². The van der Waals surface area contributed by atoms with Crippen molar-refractivity contribution in [3.63, 3.8) is 0 Å². The fraction of sp³-hybridized carbons (Fsp3) is 0.240. The Labute approximate surface area is 218 Å². The maximum absolute atomic E-state index is 13.5. The van der Waals surface area contributed by atoms with E-state index in [0.717, 1.165) is 16.9 Å². The lowest BCUT2D eigenvalue weighted by molar-refractivity contribution is -0.132. The van der Waals surface area contributed by atoms with Crippen LogP contribution in [0.5, 0.6) is 0 Å². The second kappa shape index (κ2) is 10.8. The summed E-state index contributed by atoms with van der Waals surface area (Å²) in [5.74, 6) is -1.61. The number of hydrogen-bond donors (Lipinski definition) is 1. The van der Waals surface area contributed by atoms with Gasteiger partial charge in [-0.1, -0.05) is 41.4 Å². The summed E-state index contributed by atoms with van der Waals surface area (Å²) in [4.78, 5) is 42.3. The molecule has 0 unspecified atom stereocenters. The molecule has 0 bridgehead atoms. The van der Waals surface area contributed by atoms with E-state index < -0.39 is 27.0 Å². The highest BCUT2D eigenvalue weighted by atomic mass is 35.5. The van der Waals surface area contributed by atoms with Crippen LogP contribution < -0.4 is 5.32 Å². The van der Waals surface area contributed by atoms with Crippen LogP contribution in [0.4, 0.5) is 0 Å². The molecule has 2 heterocycles. The predicted octanol–water partition coefficient (Wildman–Crippen LogP) is 3.22. The van der Waals surface area contributed by atoms with Gasteiger partial charge in [0.1, 0.15) is 0 Å². The quantitative estimate of drug-likeness (QED) is 0.512. The van der Waals surface area contributed by atoms with Crippen molar-refractivity contribution in [3.05, 3.63) is 87.1 Å². The molecule has 8 nitrogen and oxygen atoms in total. The molecule has 1 aliphatic rings. The monoisotopic (exact) mass is 545 g/mol. The Hall–Kier alpha value is -3.21. The third-order valence-corrected chi connectivity index (χ3v) is 8.81. The van der Waals surface area contributed by atoms with Gasteiger partial charge in [-0.3, -0.25) is 14.4 Å². The number of nitrogens with zero attached hydrogens (tertiary/aromatic N) is 2. The number of nitrogens with one attached hydrogen (secondary N) is 1. The zero-order valence-corrected chi connectivity index (χ0v) is 21.8. The molecule has 1 atom stereocenters. The maximum Gasteiger partial charge on any atom is 0.262 e. The summed E-state index contributed by atoms with van der Waals surface area (Å²) in [6.07, 6.45) is 0. The van der Waals surface area contributed by atoms with Crippen LogP contribution in [0, 0.1) is 6.92 Å². The van der Waals surface area contributed by atoms with E-state index in [4.69, 9.17) is 11.6 Å². The number of thiophene rings is 1. The minimum Gasteiger partial charge on any atom is -0.336 e. The number of amides is 3. The molecule has 1 fully saturated rings. The number of carbonyl (C=O) groups is 3. The Kier molecular flexibility index (Phi) is 7.77. The van der Waals surface area contributed by atoms with Gasteiger partial charge in [-0.25, -0.2) is 8.42 Å². The van der Waals surface area contributed by atoms with E-state index in [1.807, 2.05) is 6.92 Å². The highest BCUT2D eigenvalue weighted by molar-refractivity contribution is 7.92. The second-order valence-corrected chi connectivity index (χ2v) is 11.7. The van der Waals surface area contributed by atoms with Crippen LogP contribution in [-0.4, -0.2) is 67.5 Å². The first-order valence-corrected chi connectivity index (χ1v) is 14.0. The van der Waals surface area contributed by atoms with E-state index in [2.05, 4.69) is 5.32 Å². The molecular formula is C25H24ClN3O5S2. The van der Waals surface area contributed by atoms with E-state index in [9.17, 15) is 22.8 Å². The molecule has 0 radical (unpaired) electrons. The molecule has 0 saturated carbocycles. The molecule has 3 amide bonds. The number of benzene rings is 2. The van der Waals surface area contributed by atoms with Crippen molar-refractivity contribution in [1.29, 1.82) is 0 Å². The molecule has 11 heteroatoms. The van der Waals surface area contributed by atoms with E-state index in [1.54, 1.807) is 58.8 Å². The third-order valence-electron chi connectivity index (χ3n) is 5.84. The first kappa shape index (κ1) is 25.9. The van der Waals surface area contributed by atoms with Crippen LogP contribution in [0.25, 0.3) is 0 Å². The molecule has 36 heavy (non-hydrogen) atoms. The summed E-state index contributed by atoms with van der Waals surface area (Å²) < 4.78 is 27.0. The normalized spacial score (nSPS) is 14.8. The van der Waals surface area contributed by atoms with E-state index in [-0.39, 0.29) is 37.0 Å². The summed E-state index contributed by atoms with van der Waals surface area (Å²) in [6.45, 7) is 2.50. The number of carbonyl (C=O) groups excluding carboxylic acids is 3. The van der Waals surface area contributed by atoms with Crippen molar-refractivity contribution in [3.8, 4) is 0 Å². The van der Waals surface area contributed by atoms with Gasteiger partial charge < -0.3 is 15.1 Å². The lowest BCUT2D eigenvalue weighted by atomic mass is 10.2. The molecule has 3 aromatic rings. The van der Waals surface area contributed by atoms with Crippen LogP contribution in [0.3, 0.4) is 0 Å². The van der Waals surface area contributed by atoms with Gasteiger partial charge in [-0.05, 0) is 48.7 Å². The van der Waals surface area contributed by atoms with Crippen LogP contribution in [0.1, 0.15) is 25.6 Å². The van der Waals surface area contributed by atoms with Crippen LogP contribution in [0.2, 0.25) is 5.02 Å². The van der Waals surface area contributed by atoms with E-state index in [1.165, 1.54) is 17.0 Å². The van der Waals surface area contributed by atoms with Crippen molar-refractivity contribution in [2.45, 2.75) is 17.2 Å². The average molecular weight is 546 g/mol. The molecule has 2 aromatic carbocycles. The fourth-order valence-corrected chi connectivity index (χ4v) is 6.12. The van der Waals surface area contributed by atoms with Crippen molar-refractivity contribution < 1.29 is 22.8 Å². The number of halogens is 1. The highest BCUT2D eigenvalue weighted by Gasteiger charge is 2.39. The lowest BCUT2D eigenvalue weighted by Crippen LogP contribution is -2.57. The molecule has 1 aliphatic heterocycles. The van der Waals surface area contributed by atoms with Crippen LogP contribution >= 0.6 is 22.9 Å². The predicted molar refractivity (Wildman–Crippen MR) is 138 cm³/mol. The smallest absolute Gasteiger partial charge is 0.262 e. The SMILES string of the molecule is Cc1ccc(S(=O)(=O)[C@H](NC(=O)c2cccs2)C(=O)N2CCN(C(=O)c3cccc(Cl)c3)CC2)cc1. The third kappa shape index (κ3) is 5.61. The minimum absolute atomic E-state index is 0.0623. The molecule has 1 saturated heterocycles. The standard InChI is InChI=1S/C25H24ClN3O5S2/c1-17-7-9-20(10-8-17)36(33,34)23(27-22(30)21-6-3-15-35-21)25(32)29-13-11-28(12-14-29)24(31)18-4-2-5-19(26)16-18/h2-10,15-16,23H,11-14H2,1H3,(H,27,30)/t23-/m0/s1. The maximum atomic E-state index is 13.5. The molecular weight excluding hydrogens is 522 g/mol.